The minimum Gasteiger partial charge on any atom is -0.488 e. The van der Waals surface area contributed by atoms with Crippen LogP contribution in [-0.2, 0) is 11.3 Å². The second-order valence-electron chi connectivity index (χ2n) is 6.45. The molecule has 2 aliphatic heterocycles. The van der Waals surface area contributed by atoms with Crippen molar-refractivity contribution in [3.05, 3.63) is 29.3 Å². The van der Waals surface area contributed by atoms with Crippen LogP contribution in [0.4, 0.5) is 8.78 Å². The van der Waals surface area contributed by atoms with Crippen LogP contribution in [0.1, 0.15) is 37.7 Å². The highest BCUT2D eigenvalue weighted by Crippen LogP contribution is 2.53. The second-order valence-corrected chi connectivity index (χ2v) is 6.45. The Morgan fingerprint density at radius 2 is 2.05 bits per heavy atom. The first kappa shape index (κ1) is 13.0. The molecular weight excluding hydrogens is 276 g/mol. The summed E-state index contributed by atoms with van der Waals surface area (Å²) in [6.07, 6.45) is 4.68. The zero-order chi connectivity index (χ0) is 14.6. The van der Waals surface area contributed by atoms with Gasteiger partial charge in [-0.15, -0.1) is 0 Å². The van der Waals surface area contributed by atoms with Crippen LogP contribution in [0.15, 0.2) is 12.1 Å². The molecule has 3 nitrogen and oxygen atoms in total. The second kappa shape index (κ2) is 4.42. The number of benzene rings is 1. The third-order valence-electron chi connectivity index (χ3n) is 5.05. The predicted molar refractivity (Wildman–Crippen MR) is 71.7 cm³/mol. The molecule has 1 amide bonds. The zero-order valence-corrected chi connectivity index (χ0v) is 11.7. The number of hydrogen-bond acceptors (Lipinski definition) is 2. The maximum absolute atomic E-state index is 13.9. The van der Waals surface area contributed by atoms with Crippen molar-refractivity contribution in [1.29, 1.82) is 0 Å². The number of hydrogen-bond donors (Lipinski definition) is 0. The van der Waals surface area contributed by atoms with Crippen LogP contribution >= 0.6 is 0 Å². The number of nitrogens with zero attached hydrogens (tertiary/aromatic N) is 1. The number of ether oxygens (including phenoxy) is 1. The van der Waals surface area contributed by atoms with E-state index < -0.39 is 11.6 Å². The quantitative estimate of drug-likeness (QED) is 0.736. The average molecular weight is 293 g/mol. The number of carbonyl (C=O) groups is 1. The molecule has 21 heavy (non-hydrogen) atoms. The van der Waals surface area contributed by atoms with Gasteiger partial charge in [-0.2, -0.15) is 0 Å². The molecule has 0 radical (unpaired) electrons. The van der Waals surface area contributed by atoms with E-state index in [0.29, 0.717) is 5.56 Å². The summed E-state index contributed by atoms with van der Waals surface area (Å²) >= 11 is 0. The molecule has 1 atom stereocenters. The molecule has 1 aromatic carbocycles. The van der Waals surface area contributed by atoms with Crippen LogP contribution < -0.4 is 4.74 Å². The zero-order valence-electron chi connectivity index (χ0n) is 11.7. The molecule has 2 heterocycles. The van der Waals surface area contributed by atoms with Gasteiger partial charge >= 0.3 is 0 Å². The fraction of sp³-hybridized carbons (Fsp3) is 0.562. The highest BCUT2D eigenvalue weighted by atomic mass is 19.1. The Balaban J connectivity index is 1.73. The fourth-order valence-electron chi connectivity index (χ4n) is 3.65. The normalized spacial score (nSPS) is 26.5. The van der Waals surface area contributed by atoms with Crippen LogP contribution in [-0.4, -0.2) is 23.5 Å². The van der Waals surface area contributed by atoms with Crippen molar-refractivity contribution in [1.82, 2.24) is 4.90 Å². The largest absolute Gasteiger partial charge is 0.488 e. The summed E-state index contributed by atoms with van der Waals surface area (Å²) in [5, 5.41) is 0. The molecule has 1 aromatic rings. The Bertz CT molecular complexity index is 613. The maximum atomic E-state index is 13.9. The van der Waals surface area contributed by atoms with E-state index in [0.717, 1.165) is 38.2 Å². The van der Waals surface area contributed by atoms with Crippen LogP contribution in [0.25, 0.3) is 0 Å². The lowest BCUT2D eigenvalue weighted by molar-refractivity contribution is -0.139. The number of fused-ring (bicyclic) bond motifs is 2. The van der Waals surface area contributed by atoms with Gasteiger partial charge in [-0.05, 0) is 31.7 Å². The van der Waals surface area contributed by atoms with Gasteiger partial charge in [0.1, 0.15) is 12.4 Å². The van der Waals surface area contributed by atoms with Crippen molar-refractivity contribution in [2.45, 2.75) is 44.7 Å². The Kier molecular flexibility index (Phi) is 2.75. The summed E-state index contributed by atoms with van der Waals surface area (Å²) in [5.74, 6) is -1.07. The van der Waals surface area contributed by atoms with Gasteiger partial charge in [-0.3, -0.25) is 4.79 Å². The highest BCUT2D eigenvalue weighted by Gasteiger charge is 2.53. The number of rotatable bonds is 0. The third-order valence-corrected chi connectivity index (χ3v) is 5.05. The van der Waals surface area contributed by atoms with E-state index in [2.05, 4.69) is 0 Å². The fourth-order valence-corrected chi connectivity index (χ4v) is 3.65. The summed E-state index contributed by atoms with van der Waals surface area (Å²) in [5.41, 5.74) is 0.242. The molecule has 2 fully saturated rings. The summed E-state index contributed by atoms with van der Waals surface area (Å²) in [6.45, 7) is 0.534. The van der Waals surface area contributed by atoms with E-state index in [1.807, 2.05) is 0 Å². The van der Waals surface area contributed by atoms with Crippen molar-refractivity contribution in [3.63, 3.8) is 0 Å². The lowest BCUT2D eigenvalue weighted by atomic mass is 9.99. The Morgan fingerprint density at radius 3 is 2.81 bits per heavy atom. The minimum atomic E-state index is -0.684. The lowest BCUT2D eigenvalue weighted by Crippen LogP contribution is -2.43. The first-order valence-corrected chi connectivity index (χ1v) is 7.51. The molecule has 0 unspecified atom stereocenters. The van der Waals surface area contributed by atoms with Crippen molar-refractivity contribution in [3.8, 4) is 5.75 Å². The standard InChI is InChI=1S/C16H17F2NO2/c17-11-6-10-8-19-12(9-21-14(10)13(18)7-11)2-1-3-16(4-5-16)15(19)20/h6-7,12H,1-5,8-9H2/t12-/m1/s1. The average Bonchev–Trinajstić information content (AvgIpc) is 3.23. The summed E-state index contributed by atoms with van der Waals surface area (Å²) < 4.78 is 32.9. The van der Waals surface area contributed by atoms with Crippen LogP contribution in [0.3, 0.4) is 0 Å². The van der Waals surface area contributed by atoms with Crippen molar-refractivity contribution < 1.29 is 18.3 Å². The van der Waals surface area contributed by atoms with Gasteiger partial charge in [-0.25, -0.2) is 8.78 Å². The monoisotopic (exact) mass is 293 g/mol. The minimum absolute atomic E-state index is 0.0349. The molecule has 0 N–H and O–H groups in total. The highest BCUT2D eigenvalue weighted by molar-refractivity contribution is 5.86. The first-order chi connectivity index (χ1) is 10.1. The van der Waals surface area contributed by atoms with E-state index in [4.69, 9.17) is 4.74 Å². The Labute approximate surface area is 121 Å². The van der Waals surface area contributed by atoms with Gasteiger partial charge in [0, 0.05) is 23.6 Å². The van der Waals surface area contributed by atoms with Crippen LogP contribution in [0, 0.1) is 17.0 Å². The van der Waals surface area contributed by atoms with Crippen molar-refractivity contribution >= 4 is 5.91 Å². The molecule has 5 heteroatoms. The maximum Gasteiger partial charge on any atom is 0.229 e. The summed E-state index contributed by atoms with van der Waals surface area (Å²) in [6, 6.07) is 2.07. The molecule has 1 aliphatic carbocycles. The number of carbonyl (C=O) groups excluding carboxylic acids is 1. The van der Waals surface area contributed by atoms with Gasteiger partial charge in [0.2, 0.25) is 5.91 Å². The number of halogens is 2. The molecule has 3 aliphatic rings. The van der Waals surface area contributed by atoms with Crippen molar-refractivity contribution in [2.75, 3.05) is 6.61 Å². The van der Waals surface area contributed by atoms with E-state index in [1.54, 1.807) is 4.90 Å². The number of amides is 1. The summed E-state index contributed by atoms with van der Waals surface area (Å²) in [4.78, 5) is 14.6. The Hall–Kier alpha value is -1.65. The molecule has 0 bridgehead atoms. The molecular formula is C16H17F2NO2. The SMILES string of the molecule is O=C1N2Cc3cc(F)cc(F)c3OC[C@H]2CCCC12CC2. The topological polar surface area (TPSA) is 29.5 Å². The lowest BCUT2D eigenvalue weighted by Gasteiger charge is -2.29. The van der Waals surface area contributed by atoms with Gasteiger partial charge < -0.3 is 9.64 Å². The molecule has 112 valence electrons. The van der Waals surface area contributed by atoms with Crippen LogP contribution in [0.2, 0.25) is 0 Å². The van der Waals surface area contributed by atoms with Crippen LogP contribution in [0.5, 0.6) is 5.75 Å². The first-order valence-electron chi connectivity index (χ1n) is 7.51. The smallest absolute Gasteiger partial charge is 0.229 e. The molecule has 4 rings (SSSR count). The van der Waals surface area contributed by atoms with E-state index in [9.17, 15) is 13.6 Å². The predicted octanol–water partition coefficient (Wildman–Crippen LogP) is 3.02. The summed E-state index contributed by atoms with van der Waals surface area (Å²) in [7, 11) is 0. The van der Waals surface area contributed by atoms with Gasteiger partial charge in [0.05, 0.1) is 6.04 Å². The third kappa shape index (κ3) is 2.01. The van der Waals surface area contributed by atoms with Crippen molar-refractivity contribution in [2.24, 2.45) is 5.41 Å². The molecule has 1 spiro atoms. The molecule has 1 saturated heterocycles. The van der Waals surface area contributed by atoms with Gasteiger partial charge in [0.25, 0.3) is 0 Å². The van der Waals surface area contributed by atoms with Gasteiger partial charge in [0.15, 0.2) is 11.6 Å². The molecule has 0 aromatic heterocycles. The van der Waals surface area contributed by atoms with E-state index in [-0.39, 0.29) is 36.3 Å². The van der Waals surface area contributed by atoms with E-state index >= 15 is 0 Å². The van der Waals surface area contributed by atoms with E-state index in [1.165, 1.54) is 6.07 Å². The van der Waals surface area contributed by atoms with Gasteiger partial charge in [-0.1, -0.05) is 6.42 Å². The molecule has 1 saturated carbocycles. The Morgan fingerprint density at radius 1 is 1.24 bits per heavy atom.